The van der Waals surface area contributed by atoms with Gasteiger partial charge in [-0.2, -0.15) is 13.2 Å². The summed E-state index contributed by atoms with van der Waals surface area (Å²) in [6.45, 7) is 0. The lowest BCUT2D eigenvalue weighted by Crippen LogP contribution is -2.48. The van der Waals surface area contributed by atoms with Crippen molar-refractivity contribution in [2.75, 3.05) is 9.80 Å². The third-order valence-corrected chi connectivity index (χ3v) is 7.87. The van der Waals surface area contributed by atoms with E-state index in [0.717, 1.165) is 23.8 Å². The van der Waals surface area contributed by atoms with Crippen LogP contribution in [-0.4, -0.2) is 34.6 Å². The second kappa shape index (κ2) is 9.02. The molecule has 202 valence electrons. The molecule has 2 amide bonds. The summed E-state index contributed by atoms with van der Waals surface area (Å²) in [5.74, 6) is -4.56. The first kappa shape index (κ1) is 25.8. The van der Waals surface area contributed by atoms with Crippen LogP contribution in [-0.2, 0) is 15.8 Å². The Kier molecular flexibility index (Phi) is 5.81. The number of amides is 2. The number of carbonyl (C=O) groups excluding carboxylic acids is 3. The quantitative estimate of drug-likeness (QED) is 0.178. The Labute approximate surface area is 229 Å². The molecule has 40 heavy (non-hydrogen) atoms. The highest BCUT2D eigenvalue weighted by Crippen LogP contribution is 2.50. The van der Waals surface area contributed by atoms with Crippen LogP contribution in [0.5, 0.6) is 0 Å². The smallest absolute Gasteiger partial charge is 0.352 e. The van der Waals surface area contributed by atoms with Crippen LogP contribution in [0.25, 0.3) is 6.08 Å². The van der Waals surface area contributed by atoms with Gasteiger partial charge < -0.3 is 4.90 Å². The number of imide groups is 1. The van der Waals surface area contributed by atoms with E-state index in [1.54, 1.807) is 41.3 Å². The van der Waals surface area contributed by atoms with E-state index in [1.807, 2.05) is 0 Å². The fourth-order valence-electron chi connectivity index (χ4n) is 5.88. The van der Waals surface area contributed by atoms with Gasteiger partial charge in [0.1, 0.15) is 6.04 Å². The Morgan fingerprint density at radius 2 is 1.68 bits per heavy atom. The Hall–Kier alpha value is -4.51. The second-order valence-corrected chi connectivity index (χ2v) is 10.1. The lowest BCUT2D eigenvalue weighted by molar-refractivity contribution is -0.384. The number of nitro benzene ring substituents is 1. The van der Waals surface area contributed by atoms with Gasteiger partial charge in [0.15, 0.2) is 5.78 Å². The van der Waals surface area contributed by atoms with Crippen molar-refractivity contribution in [1.82, 2.24) is 0 Å². The highest BCUT2D eigenvalue weighted by molar-refractivity contribution is 6.32. The Bertz CT molecular complexity index is 1660. The normalized spacial score (nSPS) is 23.2. The molecule has 4 atom stereocenters. The molecule has 3 aromatic carbocycles. The highest BCUT2D eigenvalue weighted by Gasteiger charge is 2.64. The summed E-state index contributed by atoms with van der Waals surface area (Å²) in [6.07, 6.45) is -1.38. The topological polar surface area (TPSA) is 101 Å². The van der Waals surface area contributed by atoms with Crippen molar-refractivity contribution in [2.24, 2.45) is 11.8 Å². The van der Waals surface area contributed by atoms with Gasteiger partial charge in [0.05, 0.1) is 39.1 Å². The molecule has 0 bridgehead atoms. The van der Waals surface area contributed by atoms with Crippen molar-refractivity contribution < 1.29 is 32.5 Å². The second-order valence-electron chi connectivity index (χ2n) is 9.66. The molecule has 2 saturated heterocycles. The number of ketones is 1. The van der Waals surface area contributed by atoms with Crippen LogP contribution in [0.15, 0.2) is 72.8 Å². The first-order chi connectivity index (χ1) is 19.0. The lowest BCUT2D eigenvalue weighted by atomic mass is 9.86. The first-order valence-corrected chi connectivity index (χ1v) is 12.5. The summed E-state index contributed by atoms with van der Waals surface area (Å²) in [5.41, 5.74) is -0.551. The third kappa shape index (κ3) is 3.80. The molecule has 3 aliphatic heterocycles. The molecule has 2 fully saturated rings. The van der Waals surface area contributed by atoms with E-state index in [9.17, 15) is 37.7 Å². The van der Waals surface area contributed by atoms with Crippen LogP contribution in [0, 0.1) is 22.0 Å². The fraction of sp³-hybridized carbons (Fsp3) is 0.179. The molecule has 6 rings (SSSR count). The van der Waals surface area contributed by atoms with E-state index >= 15 is 0 Å². The van der Waals surface area contributed by atoms with E-state index in [0.29, 0.717) is 16.7 Å². The number of alkyl halides is 3. The molecular weight excluding hydrogens is 551 g/mol. The Balaban J connectivity index is 1.49. The zero-order valence-corrected chi connectivity index (χ0v) is 21.0. The summed E-state index contributed by atoms with van der Waals surface area (Å²) in [5, 5.41) is 10.8. The number of fused-ring (bicyclic) bond motifs is 5. The number of Topliss-reactive ketones (excluding diaryl/α,β-unsaturated/α-hetero) is 1. The number of para-hydroxylation sites is 1. The zero-order chi connectivity index (χ0) is 28.5. The number of carbonyl (C=O) groups is 3. The summed E-state index contributed by atoms with van der Waals surface area (Å²) >= 11 is 5.75. The molecule has 0 aromatic heterocycles. The van der Waals surface area contributed by atoms with Crippen molar-refractivity contribution in [2.45, 2.75) is 18.3 Å². The van der Waals surface area contributed by atoms with Gasteiger partial charge in [-0.1, -0.05) is 54.1 Å². The molecule has 0 aliphatic carbocycles. The predicted molar refractivity (Wildman–Crippen MR) is 139 cm³/mol. The third-order valence-electron chi connectivity index (χ3n) is 7.54. The monoisotopic (exact) mass is 567 g/mol. The standard InChI is InChI=1S/C28H17ClF3N3O5/c29-19-10-9-16(13-18(19)28(30,31)32)33-26(37)22-21-11-8-14-4-1-2-7-20(14)34(21)24(23(22)27(33)38)25(36)15-5-3-6-17(12-15)35(39)40/h1-13,21-24H/t21-,22+,23+,24-/m0/s1. The highest BCUT2D eigenvalue weighted by atomic mass is 35.5. The summed E-state index contributed by atoms with van der Waals surface area (Å²) in [7, 11) is 0. The van der Waals surface area contributed by atoms with Crippen LogP contribution >= 0.6 is 11.6 Å². The van der Waals surface area contributed by atoms with Crippen molar-refractivity contribution >= 4 is 52.3 Å². The number of anilines is 2. The number of benzene rings is 3. The van der Waals surface area contributed by atoms with Crippen LogP contribution in [0.3, 0.4) is 0 Å². The SMILES string of the molecule is O=C(c1cccc([N+](=O)[O-])c1)[C@@H]1[C@@H]2C(=O)N(c3ccc(Cl)c(C(F)(F)F)c3)C(=O)[C@@H]2[C@@H]2C=Cc3ccccc3N12. The number of nitro groups is 1. The van der Waals surface area contributed by atoms with Crippen LogP contribution in [0.4, 0.5) is 30.2 Å². The van der Waals surface area contributed by atoms with Crippen molar-refractivity contribution in [1.29, 1.82) is 0 Å². The summed E-state index contributed by atoms with van der Waals surface area (Å²) in [6, 6.07) is 12.9. The van der Waals surface area contributed by atoms with Gasteiger partial charge in [-0.05, 0) is 29.8 Å². The number of hydrogen-bond donors (Lipinski definition) is 0. The average Bonchev–Trinajstić information content (AvgIpc) is 3.40. The number of nitrogens with zero attached hydrogens (tertiary/aromatic N) is 3. The number of hydrogen-bond acceptors (Lipinski definition) is 6. The molecule has 0 spiro atoms. The number of halogens is 4. The maximum Gasteiger partial charge on any atom is 0.417 e. The molecule has 0 saturated carbocycles. The minimum Gasteiger partial charge on any atom is -0.352 e. The van der Waals surface area contributed by atoms with E-state index in [4.69, 9.17) is 11.6 Å². The summed E-state index contributed by atoms with van der Waals surface area (Å²) < 4.78 is 40.7. The van der Waals surface area contributed by atoms with Gasteiger partial charge in [0, 0.05) is 23.4 Å². The van der Waals surface area contributed by atoms with Gasteiger partial charge in [0.25, 0.3) is 5.69 Å². The Morgan fingerprint density at radius 3 is 2.40 bits per heavy atom. The van der Waals surface area contributed by atoms with Gasteiger partial charge in [0.2, 0.25) is 11.8 Å². The van der Waals surface area contributed by atoms with Crippen LogP contribution in [0.1, 0.15) is 21.5 Å². The average molecular weight is 568 g/mol. The molecule has 0 unspecified atom stereocenters. The van der Waals surface area contributed by atoms with Crippen LogP contribution in [0.2, 0.25) is 5.02 Å². The maximum absolute atomic E-state index is 14.0. The predicted octanol–water partition coefficient (Wildman–Crippen LogP) is 5.54. The van der Waals surface area contributed by atoms with Crippen molar-refractivity contribution in [3.05, 3.63) is 105 Å². The zero-order valence-electron chi connectivity index (χ0n) is 20.2. The van der Waals surface area contributed by atoms with E-state index in [-0.39, 0.29) is 16.9 Å². The number of non-ortho nitro benzene ring substituents is 1. The van der Waals surface area contributed by atoms with Gasteiger partial charge in [-0.25, -0.2) is 4.90 Å². The Morgan fingerprint density at radius 1 is 0.950 bits per heavy atom. The first-order valence-electron chi connectivity index (χ1n) is 12.1. The maximum atomic E-state index is 14.0. The van der Waals surface area contributed by atoms with Crippen molar-refractivity contribution in [3.63, 3.8) is 0 Å². The van der Waals surface area contributed by atoms with E-state index in [2.05, 4.69) is 0 Å². The van der Waals surface area contributed by atoms with E-state index < -0.39 is 63.2 Å². The van der Waals surface area contributed by atoms with E-state index in [1.165, 1.54) is 18.2 Å². The lowest BCUT2D eigenvalue weighted by Gasteiger charge is -2.36. The summed E-state index contributed by atoms with van der Waals surface area (Å²) in [4.78, 5) is 54.8. The molecule has 3 aliphatic rings. The molecular formula is C28H17ClF3N3O5. The molecule has 8 nitrogen and oxygen atoms in total. The largest absolute Gasteiger partial charge is 0.417 e. The molecule has 0 N–H and O–H groups in total. The minimum absolute atomic E-state index is 0.0322. The van der Waals surface area contributed by atoms with Crippen LogP contribution < -0.4 is 9.80 Å². The van der Waals surface area contributed by atoms with Gasteiger partial charge in [-0.15, -0.1) is 0 Å². The molecule has 3 aromatic rings. The number of rotatable bonds is 4. The fourth-order valence-corrected chi connectivity index (χ4v) is 6.11. The molecule has 3 heterocycles. The minimum atomic E-state index is -4.83. The molecule has 12 heteroatoms. The van der Waals surface area contributed by atoms with Gasteiger partial charge in [-0.3, -0.25) is 24.5 Å². The van der Waals surface area contributed by atoms with Crippen molar-refractivity contribution in [3.8, 4) is 0 Å². The molecule has 0 radical (unpaired) electrons. The van der Waals surface area contributed by atoms with Gasteiger partial charge >= 0.3 is 6.18 Å².